The van der Waals surface area contributed by atoms with Gasteiger partial charge in [-0.2, -0.15) is 0 Å². The molecule has 0 saturated carbocycles. The Morgan fingerprint density at radius 2 is 2.24 bits per heavy atom. The van der Waals surface area contributed by atoms with Gasteiger partial charge in [-0.3, -0.25) is 4.79 Å². The molecule has 1 aromatic rings. The summed E-state index contributed by atoms with van der Waals surface area (Å²) >= 11 is 0. The van der Waals surface area contributed by atoms with Gasteiger partial charge in [0.05, 0.1) is 6.61 Å². The zero-order valence-corrected chi connectivity index (χ0v) is 10.9. The Morgan fingerprint density at radius 3 is 2.82 bits per heavy atom. The largest absolute Gasteiger partial charge is 0.380 e. The zero-order chi connectivity index (χ0) is 12.0. The minimum Gasteiger partial charge on any atom is -0.380 e. The highest BCUT2D eigenvalue weighted by atomic mass is 35.5. The highest BCUT2D eigenvalue weighted by molar-refractivity contribution is 5.92. The van der Waals surface area contributed by atoms with Gasteiger partial charge in [0, 0.05) is 25.3 Å². The van der Waals surface area contributed by atoms with Crippen LogP contribution in [0.4, 0.5) is 5.69 Å². The van der Waals surface area contributed by atoms with E-state index in [0.29, 0.717) is 13.2 Å². The van der Waals surface area contributed by atoms with Crippen molar-refractivity contribution >= 4 is 24.0 Å². The number of hydrogen-bond donors (Lipinski definition) is 2. The van der Waals surface area contributed by atoms with Crippen LogP contribution in [0.2, 0.25) is 0 Å². The molecule has 0 bridgehead atoms. The molecule has 1 aromatic carbocycles. The van der Waals surface area contributed by atoms with Crippen molar-refractivity contribution in [1.29, 1.82) is 0 Å². The quantitative estimate of drug-likeness (QED) is 0.846. The summed E-state index contributed by atoms with van der Waals surface area (Å²) in [5.41, 5.74) is 7.23. The zero-order valence-electron chi connectivity index (χ0n) is 10.1. The molecule has 0 aromatic heterocycles. The predicted molar refractivity (Wildman–Crippen MR) is 71.3 cm³/mol. The van der Waals surface area contributed by atoms with Crippen LogP contribution in [-0.4, -0.2) is 19.6 Å². The van der Waals surface area contributed by atoms with Crippen LogP contribution in [0.5, 0.6) is 0 Å². The molecule has 5 heteroatoms. The highest BCUT2D eigenvalue weighted by Crippen LogP contribution is 2.12. The molecule has 4 nitrogen and oxygen atoms in total. The highest BCUT2D eigenvalue weighted by Gasteiger charge is 2.10. The normalized spacial score (nSPS) is 11.5. The predicted octanol–water partition coefficient (Wildman–Crippen LogP) is 1.79. The van der Waals surface area contributed by atoms with E-state index in [1.807, 2.05) is 24.3 Å². The van der Waals surface area contributed by atoms with Crippen molar-refractivity contribution in [2.75, 3.05) is 19.0 Å². The molecule has 1 rings (SSSR count). The van der Waals surface area contributed by atoms with Crippen molar-refractivity contribution in [2.45, 2.75) is 13.5 Å². The van der Waals surface area contributed by atoms with Crippen LogP contribution in [0.25, 0.3) is 0 Å². The van der Waals surface area contributed by atoms with Crippen molar-refractivity contribution in [3.05, 3.63) is 29.8 Å². The monoisotopic (exact) mass is 258 g/mol. The number of anilines is 1. The molecule has 3 N–H and O–H groups in total. The average Bonchev–Trinajstić information content (AvgIpc) is 2.29. The molecule has 96 valence electrons. The van der Waals surface area contributed by atoms with Crippen molar-refractivity contribution in [3.8, 4) is 0 Å². The number of methoxy groups -OCH3 is 1. The second-order valence-corrected chi connectivity index (χ2v) is 3.76. The van der Waals surface area contributed by atoms with Crippen molar-refractivity contribution < 1.29 is 9.53 Å². The van der Waals surface area contributed by atoms with E-state index in [9.17, 15) is 4.79 Å². The third kappa shape index (κ3) is 5.17. The van der Waals surface area contributed by atoms with E-state index in [1.54, 1.807) is 14.0 Å². The maximum absolute atomic E-state index is 11.6. The standard InChI is InChI=1S/C12H18N2O2.ClH/c1-9(7-13)12(15)14-11-5-3-4-10(6-11)8-16-2;/h3-6,9H,7-8,13H2,1-2H3,(H,14,15);1H. The summed E-state index contributed by atoms with van der Waals surface area (Å²) in [5.74, 6) is -0.233. The Labute approximate surface area is 108 Å². The Hall–Kier alpha value is -1.10. The Kier molecular flexibility index (Phi) is 7.54. The molecule has 0 heterocycles. The number of nitrogens with one attached hydrogen (secondary N) is 1. The van der Waals surface area contributed by atoms with Crippen LogP contribution in [0.3, 0.4) is 0 Å². The number of carbonyl (C=O) groups excluding carboxylic acids is 1. The number of ether oxygens (including phenoxy) is 1. The van der Waals surface area contributed by atoms with E-state index in [-0.39, 0.29) is 24.2 Å². The Bertz CT molecular complexity index is 358. The molecule has 0 aliphatic rings. The van der Waals surface area contributed by atoms with E-state index in [2.05, 4.69) is 5.32 Å². The third-order valence-corrected chi connectivity index (χ3v) is 2.31. The molecule has 1 amide bonds. The van der Waals surface area contributed by atoms with Gasteiger partial charge in [0.15, 0.2) is 0 Å². The van der Waals surface area contributed by atoms with Gasteiger partial charge in [-0.1, -0.05) is 19.1 Å². The first kappa shape index (κ1) is 15.9. The van der Waals surface area contributed by atoms with Crippen LogP contribution >= 0.6 is 12.4 Å². The molecule has 0 radical (unpaired) electrons. The summed E-state index contributed by atoms with van der Waals surface area (Å²) < 4.78 is 5.02. The van der Waals surface area contributed by atoms with Crippen LogP contribution in [0.1, 0.15) is 12.5 Å². The van der Waals surface area contributed by atoms with Crippen LogP contribution < -0.4 is 11.1 Å². The maximum atomic E-state index is 11.6. The topological polar surface area (TPSA) is 64.3 Å². The van der Waals surface area contributed by atoms with Gasteiger partial charge in [-0.05, 0) is 17.7 Å². The van der Waals surface area contributed by atoms with E-state index >= 15 is 0 Å². The lowest BCUT2D eigenvalue weighted by atomic mass is 10.1. The van der Waals surface area contributed by atoms with Crippen molar-refractivity contribution in [1.82, 2.24) is 0 Å². The van der Waals surface area contributed by atoms with Gasteiger partial charge in [0.25, 0.3) is 0 Å². The number of rotatable bonds is 5. The molecule has 0 saturated heterocycles. The smallest absolute Gasteiger partial charge is 0.228 e. The first-order valence-electron chi connectivity index (χ1n) is 5.26. The number of amides is 1. The van der Waals surface area contributed by atoms with Crippen molar-refractivity contribution in [3.63, 3.8) is 0 Å². The van der Waals surface area contributed by atoms with Gasteiger partial charge >= 0.3 is 0 Å². The SMILES string of the molecule is COCc1cccc(NC(=O)C(C)CN)c1.Cl. The maximum Gasteiger partial charge on any atom is 0.228 e. The minimum atomic E-state index is -0.175. The molecule has 17 heavy (non-hydrogen) atoms. The first-order chi connectivity index (χ1) is 7.67. The van der Waals surface area contributed by atoms with Gasteiger partial charge in [0.2, 0.25) is 5.91 Å². The van der Waals surface area contributed by atoms with Crippen LogP contribution in [0.15, 0.2) is 24.3 Å². The first-order valence-corrected chi connectivity index (χ1v) is 5.26. The van der Waals surface area contributed by atoms with Crippen molar-refractivity contribution in [2.24, 2.45) is 11.7 Å². The Balaban J connectivity index is 0.00000256. The molecule has 1 unspecified atom stereocenters. The second-order valence-electron chi connectivity index (χ2n) is 3.76. The van der Waals surface area contributed by atoms with Gasteiger partial charge in [-0.15, -0.1) is 12.4 Å². The number of benzene rings is 1. The Morgan fingerprint density at radius 1 is 1.53 bits per heavy atom. The average molecular weight is 259 g/mol. The van der Waals surface area contributed by atoms with E-state index in [4.69, 9.17) is 10.5 Å². The van der Waals surface area contributed by atoms with E-state index in [1.165, 1.54) is 0 Å². The summed E-state index contributed by atoms with van der Waals surface area (Å²) in [5, 5.41) is 2.82. The number of nitrogens with two attached hydrogens (primary N) is 1. The second kappa shape index (κ2) is 8.06. The van der Waals surface area contributed by atoms with Gasteiger partial charge in [-0.25, -0.2) is 0 Å². The minimum absolute atomic E-state index is 0. The fourth-order valence-electron chi connectivity index (χ4n) is 1.28. The molecule has 1 atom stereocenters. The fourth-order valence-corrected chi connectivity index (χ4v) is 1.28. The fraction of sp³-hybridized carbons (Fsp3) is 0.417. The lowest BCUT2D eigenvalue weighted by Crippen LogP contribution is -2.26. The molecule has 0 spiro atoms. The number of hydrogen-bond acceptors (Lipinski definition) is 3. The van der Waals surface area contributed by atoms with Gasteiger partial charge in [0.1, 0.15) is 0 Å². The molecular formula is C12H19ClN2O2. The summed E-state index contributed by atoms with van der Waals surface area (Å²) in [6.45, 7) is 2.69. The summed E-state index contributed by atoms with van der Waals surface area (Å²) in [7, 11) is 1.64. The van der Waals surface area contributed by atoms with Crippen LogP contribution in [-0.2, 0) is 16.1 Å². The number of halogens is 1. The molecular weight excluding hydrogens is 240 g/mol. The van der Waals surface area contributed by atoms with Crippen LogP contribution in [0, 0.1) is 5.92 Å². The summed E-state index contributed by atoms with van der Waals surface area (Å²) in [6.07, 6.45) is 0. The lowest BCUT2D eigenvalue weighted by Gasteiger charge is -2.10. The molecule has 0 aliphatic carbocycles. The number of carbonyl (C=O) groups is 1. The lowest BCUT2D eigenvalue weighted by molar-refractivity contribution is -0.119. The molecule has 0 aliphatic heterocycles. The summed E-state index contributed by atoms with van der Waals surface area (Å²) in [6, 6.07) is 7.58. The molecule has 0 fully saturated rings. The van der Waals surface area contributed by atoms with Gasteiger partial charge < -0.3 is 15.8 Å². The van der Waals surface area contributed by atoms with E-state index < -0.39 is 0 Å². The third-order valence-electron chi connectivity index (χ3n) is 2.31. The van der Waals surface area contributed by atoms with E-state index in [0.717, 1.165) is 11.3 Å². The summed E-state index contributed by atoms with van der Waals surface area (Å²) in [4.78, 5) is 11.6.